The van der Waals surface area contributed by atoms with Crippen LogP contribution < -0.4 is 5.32 Å². The van der Waals surface area contributed by atoms with Crippen molar-refractivity contribution in [2.45, 2.75) is 70.9 Å². The summed E-state index contributed by atoms with van der Waals surface area (Å²) in [6.45, 7) is 3.50. The molecule has 1 atom stereocenters. The van der Waals surface area contributed by atoms with E-state index in [2.05, 4.69) is 24.4 Å². The lowest BCUT2D eigenvalue weighted by molar-refractivity contribution is -0.137. The molecule has 3 rings (SSSR count). The van der Waals surface area contributed by atoms with Gasteiger partial charge in [0.2, 0.25) is 11.8 Å². The average molecular weight is 342 g/mol. The van der Waals surface area contributed by atoms with Crippen LogP contribution in [0.4, 0.5) is 0 Å². The molecule has 1 unspecified atom stereocenters. The molecule has 1 aliphatic carbocycles. The molecule has 1 N–H and O–H groups in total. The number of benzene rings is 1. The first-order valence-electron chi connectivity index (χ1n) is 9.79. The van der Waals surface area contributed by atoms with Gasteiger partial charge in [0.05, 0.1) is 0 Å². The van der Waals surface area contributed by atoms with Crippen molar-refractivity contribution in [3.63, 3.8) is 0 Å². The van der Waals surface area contributed by atoms with E-state index in [-0.39, 0.29) is 23.8 Å². The third-order valence-corrected chi connectivity index (χ3v) is 5.70. The van der Waals surface area contributed by atoms with Gasteiger partial charge >= 0.3 is 0 Å². The van der Waals surface area contributed by atoms with Crippen LogP contribution in [0.5, 0.6) is 0 Å². The van der Waals surface area contributed by atoms with E-state index in [1.54, 1.807) is 0 Å². The molecule has 2 amide bonds. The van der Waals surface area contributed by atoms with Crippen LogP contribution in [0.15, 0.2) is 24.3 Å². The predicted octanol–water partition coefficient (Wildman–Crippen LogP) is 3.57. The zero-order valence-electron chi connectivity index (χ0n) is 15.3. The van der Waals surface area contributed by atoms with Crippen molar-refractivity contribution in [1.82, 2.24) is 10.2 Å². The number of aryl methyl sites for hydroxylation is 1. The van der Waals surface area contributed by atoms with Crippen molar-refractivity contribution < 1.29 is 9.59 Å². The standard InChI is InChI=1S/C21H30N2O2/c1-16-9-5-6-12-18(16)15-23-14-8-7-13-19(21(23)25)22-20(24)17-10-3-2-4-11-17/h5-6,9,12,17,19H,2-4,7-8,10-11,13-15H2,1H3,(H,22,24). The van der Waals surface area contributed by atoms with Crippen LogP contribution in [0, 0.1) is 12.8 Å². The molecule has 1 heterocycles. The van der Waals surface area contributed by atoms with Crippen LogP contribution in [0.25, 0.3) is 0 Å². The zero-order valence-corrected chi connectivity index (χ0v) is 15.3. The largest absolute Gasteiger partial charge is 0.344 e. The lowest BCUT2D eigenvalue weighted by Crippen LogP contribution is -2.49. The van der Waals surface area contributed by atoms with E-state index in [0.717, 1.165) is 51.5 Å². The SMILES string of the molecule is Cc1ccccc1CN1CCCCC(NC(=O)C2CCCCC2)C1=O. The molecule has 1 aromatic carbocycles. The molecule has 0 aromatic heterocycles. The van der Waals surface area contributed by atoms with Gasteiger partial charge in [-0.2, -0.15) is 0 Å². The number of hydrogen-bond acceptors (Lipinski definition) is 2. The van der Waals surface area contributed by atoms with Crippen molar-refractivity contribution in [2.75, 3.05) is 6.54 Å². The van der Waals surface area contributed by atoms with Gasteiger partial charge in [0.25, 0.3) is 0 Å². The van der Waals surface area contributed by atoms with Gasteiger partial charge < -0.3 is 10.2 Å². The third kappa shape index (κ3) is 4.62. The molecule has 1 aromatic rings. The summed E-state index contributed by atoms with van der Waals surface area (Å²) in [5.41, 5.74) is 2.40. The number of nitrogens with one attached hydrogen (secondary N) is 1. The molecule has 1 saturated heterocycles. The summed E-state index contributed by atoms with van der Waals surface area (Å²) in [6, 6.07) is 7.87. The maximum absolute atomic E-state index is 13.0. The predicted molar refractivity (Wildman–Crippen MR) is 99.0 cm³/mol. The highest BCUT2D eigenvalue weighted by atomic mass is 16.2. The maximum atomic E-state index is 13.0. The van der Waals surface area contributed by atoms with Gasteiger partial charge in [-0.1, -0.05) is 43.5 Å². The Morgan fingerprint density at radius 2 is 1.80 bits per heavy atom. The fourth-order valence-corrected chi connectivity index (χ4v) is 4.04. The second kappa shape index (κ2) is 8.50. The van der Waals surface area contributed by atoms with E-state index in [9.17, 15) is 9.59 Å². The minimum atomic E-state index is -0.346. The Morgan fingerprint density at radius 3 is 2.56 bits per heavy atom. The second-order valence-electron chi connectivity index (χ2n) is 7.58. The number of carbonyl (C=O) groups excluding carboxylic acids is 2. The molecule has 4 nitrogen and oxygen atoms in total. The van der Waals surface area contributed by atoms with Gasteiger partial charge in [0, 0.05) is 19.0 Å². The minimum absolute atomic E-state index is 0.0879. The number of amides is 2. The van der Waals surface area contributed by atoms with Crippen LogP contribution in [0.3, 0.4) is 0 Å². The highest BCUT2D eigenvalue weighted by Gasteiger charge is 2.30. The number of nitrogens with zero attached hydrogens (tertiary/aromatic N) is 1. The highest BCUT2D eigenvalue weighted by Crippen LogP contribution is 2.24. The first-order valence-corrected chi connectivity index (χ1v) is 9.79. The summed E-state index contributed by atoms with van der Waals surface area (Å²) in [5, 5.41) is 3.08. The van der Waals surface area contributed by atoms with Crippen LogP contribution in [-0.2, 0) is 16.1 Å². The number of hydrogen-bond donors (Lipinski definition) is 1. The minimum Gasteiger partial charge on any atom is -0.344 e. The van der Waals surface area contributed by atoms with Crippen molar-refractivity contribution >= 4 is 11.8 Å². The summed E-state index contributed by atoms with van der Waals surface area (Å²) in [7, 11) is 0. The van der Waals surface area contributed by atoms with Crippen LogP contribution >= 0.6 is 0 Å². The van der Waals surface area contributed by atoms with Crippen molar-refractivity contribution in [3.8, 4) is 0 Å². The van der Waals surface area contributed by atoms with E-state index in [0.29, 0.717) is 6.54 Å². The number of carbonyl (C=O) groups is 2. The number of likely N-dealkylation sites (tertiary alicyclic amines) is 1. The lowest BCUT2D eigenvalue weighted by Gasteiger charge is -2.27. The quantitative estimate of drug-likeness (QED) is 0.909. The summed E-state index contributed by atoms with van der Waals surface area (Å²) >= 11 is 0. The van der Waals surface area contributed by atoms with E-state index in [4.69, 9.17) is 0 Å². The topological polar surface area (TPSA) is 49.4 Å². The molecular formula is C21H30N2O2. The average Bonchev–Trinajstić information content (AvgIpc) is 2.80. The van der Waals surface area contributed by atoms with E-state index in [1.165, 1.54) is 17.5 Å². The van der Waals surface area contributed by atoms with Gasteiger partial charge in [-0.05, 0) is 50.2 Å². The van der Waals surface area contributed by atoms with Crippen molar-refractivity contribution in [3.05, 3.63) is 35.4 Å². The molecule has 0 bridgehead atoms. The van der Waals surface area contributed by atoms with Crippen molar-refractivity contribution in [1.29, 1.82) is 0 Å². The highest BCUT2D eigenvalue weighted by molar-refractivity contribution is 5.88. The van der Waals surface area contributed by atoms with E-state index in [1.807, 2.05) is 17.0 Å². The van der Waals surface area contributed by atoms with Gasteiger partial charge in [0.1, 0.15) is 6.04 Å². The van der Waals surface area contributed by atoms with Crippen LogP contribution in [0.1, 0.15) is 62.5 Å². The molecule has 0 spiro atoms. The first kappa shape index (κ1) is 18.0. The number of rotatable bonds is 4. The fraction of sp³-hybridized carbons (Fsp3) is 0.619. The molecule has 2 aliphatic rings. The molecule has 4 heteroatoms. The Hall–Kier alpha value is -1.84. The molecule has 136 valence electrons. The molecular weight excluding hydrogens is 312 g/mol. The monoisotopic (exact) mass is 342 g/mol. The summed E-state index contributed by atoms with van der Waals surface area (Å²) in [6.07, 6.45) is 8.21. The Bertz CT molecular complexity index is 608. The summed E-state index contributed by atoms with van der Waals surface area (Å²) < 4.78 is 0. The second-order valence-corrected chi connectivity index (χ2v) is 7.58. The summed E-state index contributed by atoms with van der Waals surface area (Å²) in [4.78, 5) is 27.5. The first-order chi connectivity index (χ1) is 12.1. The molecule has 2 fully saturated rings. The van der Waals surface area contributed by atoms with Crippen LogP contribution in [-0.4, -0.2) is 29.3 Å². The normalized spacial score (nSPS) is 22.5. The van der Waals surface area contributed by atoms with E-state index < -0.39 is 0 Å². The Balaban J connectivity index is 1.64. The van der Waals surface area contributed by atoms with E-state index >= 15 is 0 Å². The lowest BCUT2D eigenvalue weighted by atomic mass is 9.88. The molecule has 25 heavy (non-hydrogen) atoms. The van der Waals surface area contributed by atoms with Gasteiger partial charge in [-0.3, -0.25) is 9.59 Å². The van der Waals surface area contributed by atoms with Gasteiger partial charge in [0.15, 0.2) is 0 Å². The van der Waals surface area contributed by atoms with Crippen molar-refractivity contribution in [2.24, 2.45) is 5.92 Å². The maximum Gasteiger partial charge on any atom is 0.245 e. The molecule has 0 radical (unpaired) electrons. The summed E-state index contributed by atoms with van der Waals surface area (Å²) in [5.74, 6) is 0.287. The smallest absolute Gasteiger partial charge is 0.245 e. The molecule has 1 aliphatic heterocycles. The zero-order chi connectivity index (χ0) is 17.6. The van der Waals surface area contributed by atoms with Gasteiger partial charge in [-0.25, -0.2) is 0 Å². The molecule has 1 saturated carbocycles. The Labute approximate surface area is 151 Å². The van der Waals surface area contributed by atoms with Gasteiger partial charge in [-0.15, -0.1) is 0 Å². The van der Waals surface area contributed by atoms with Crippen LogP contribution in [0.2, 0.25) is 0 Å². The Kier molecular flexibility index (Phi) is 6.11. The fourth-order valence-electron chi connectivity index (χ4n) is 4.04. The third-order valence-electron chi connectivity index (χ3n) is 5.70. The Morgan fingerprint density at radius 1 is 1.08 bits per heavy atom.